The summed E-state index contributed by atoms with van der Waals surface area (Å²) in [4.78, 5) is 23.7. The van der Waals surface area contributed by atoms with Crippen molar-refractivity contribution in [2.45, 2.75) is 6.54 Å². The summed E-state index contributed by atoms with van der Waals surface area (Å²) in [5.74, 6) is -0.0480. The third kappa shape index (κ3) is 2.98. The Hall–Kier alpha value is -3.09. The van der Waals surface area contributed by atoms with Gasteiger partial charge in [0.1, 0.15) is 5.76 Å². The highest BCUT2D eigenvalue weighted by atomic mass is 16.3. The fourth-order valence-corrected chi connectivity index (χ4v) is 2.04. The van der Waals surface area contributed by atoms with Crippen LogP contribution in [0.3, 0.4) is 0 Å². The van der Waals surface area contributed by atoms with Crippen LogP contribution in [0, 0.1) is 0 Å². The van der Waals surface area contributed by atoms with Crippen molar-refractivity contribution in [3.8, 4) is 0 Å². The molecule has 0 atom stereocenters. The van der Waals surface area contributed by atoms with Gasteiger partial charge >= 0.3 is 0 Å². The minimum Gasteiger partial charge on any atom is -0.467 e. The Bertz CT molecular complexity index is 792. The second-order valence-electron chi connectivity index (χ2n) is 4.66. The van der Waals surface area contributed by atoms with Gasteiger partial charge in [-0.3, -0.25) is 14.7 Å². The van der Waals surface area contributed by atoms with E-state index >= 15 is 0 Å². The van der Waals surface area contributed by atoms with Crippen molar-refractivity contribution < 1.29 is 14.0 Å². The molecule has 0 aliphatic heterocycles. The number of carbonyl (C=O) groups is 2. The number of para-hydroxylation sites is 1. The molecule has 0 aliphatic rings. The van der Waals surface area contributed by atoms with Crippen LogP contribution < -0.4 is 10.6 Å². The molecule has 0 bridgehead atoms. The molecule has 2 heterocycles. The highest BCUT2D eigenvalue weighted by Crippen LogP contribution is 2.14. The van der Waals surface area contributed by atoms with Gasteiger partial charge in [0.15, 0.2) is 5.69 Å². The fourth-order valence-electron chi connectivity index (χ4n) is 2.04. The molecule has 7 heteroatoms. The second-order valence-corrected chi connectivity index (χ2v) is 4.66. The number of furan rings is 1. The van der Waals surface area contributed by atoms with Gasteiger partial charge in [-0.25, -0.2) is 0 Å². The lowest BCUT2D eigenvalue weighted by Gasteiger charge is -2.04. The van der Waals surface area contributed by atoms with Crippen molar-refractivity contribution in [2.75, 3.05) is 6.54 Å². The third-order valence-corrected chi connectivity index (χ3v) is 3.13. The standard InChI is InChI=1S/C15H14N4O3/c20-13(16-8-10-4-3-7-22-10)9-17-15(21)14-11-5-1-2-6-12(11)18-19-14/h1-7H,8-9H2,(H,16,20)(H,17,21)(H,18,19). The lowest BCUT2D eigenvalue weighted by atomic mass is 10.2. The highest BCUT2D eigenvalue weighted by Gasteiger charge is 2.14. The number of fused-ring (bicyclic) bond motifs is 1. The third-order valence-electron chi connectivity index (χ3n) is 3.13. The van der Waals surface area contributed by atoms with Crippen LogP contribution in [0.25, 0.3) is 10.9 Å². The van der Waals surface area contributed by atoms with E-state index in [-0.39, 0.29) is 24.7 Å². The molecule has 112 valence electrons. The molecule has 2 aromatic heterocycles. The molecule has 2 amide bonds. The van der Waals surface area contributed by atoms with Gasteiger partial charge in [-0.1, -0.05) is 18.2 Å². The summed E-state index contributed by atoms with van der Waals surface area (Å²) in [5.41, 5.74) is 1.05. The van der Waals surface area contributed by atoms with Gasteiger partial charge in [0.2, 0.25) is 5.91 Å². The van der Waals surface area contributed by atoms with Gasteiger partial charge in [0, 0.05) is 5.39 Å². The summed E-state index contributed by atoms with van der Waals surface area (Å²) in [6.07, 6.45) is 1.53. The molecule has 0 aliphatic carbocycles. The van der Waals surface area contributed by atoms with Gasteiger partial charge in [-0.15, -0.1) is 0 Å². The van der Waals surface area contributed by atoms with E-state index in [1.807, 2.05) is 18.2 Å². The maximum atomic E-state index is 12.1. The predicted octanol–water partition coefficient (Wildman–Crippen LogP) is 1.20. The van der Waals surface area contributed by atoms with Crippen LogP contribution in [0.2, 0.25) is 0 Å². The average Bonchev–Trinajstić information content (AvgIpc) is 3.19. The van der Waals surface area contributed by atoms with Crippen molar-refractivity contribution in [3.05, 3.63) is 54.1 Å². The Morgan fingerprint density at radius 2 is 2.00 bits per heavy atom. The number of H-pyrrole nitrogens is 1. The zero-order chi connectivity index (χ0) is 15.4. The number of amides is 2. The lowest BCUT2D eigenvalue weighted by molar-refractivity contribution is -0.120. The molecule has 0 saturated carbocycles. The van der Waals surface area contributed by atoms with E-state index < -0.39 is 5.91 Å². The van der Waals surface area contributed by atoms with Crippen molar-refractivity contribution in [2.24, 2.45) is 0 Å². The molecule has 0 unspecified atom stereocenters. The number of rotatable bonds is 5. The molecule has 7 nitrogen and oxygen atoms in total. The van der Waals surface area contributed by atoms with Crippen LogP contribution in [0.1, 0.15) is 16.2 Å². The normalized spacial score (nSPS) is 10.5. The number of nitrogens with one attached hydrogen (secondary N) is 3. The summed E-state index contributed by atoms with van der Waals surface area (Å²) in [6, 6.07) is 10.8. The summed E-state index contributed by atoms with van der Waals surface area (Å²) in [6.45, 7) is 0.160. The van der Waals surface area contributed by atoms with Crippen LogP contribution in [-0.2, 0) is 11.3 Å². The van der Waals surface area contributed by atoms with E-state index in [9.17, 15) is 9.59 Å². The van der Waals surface area contributed by atoms with E-state index in [4.69, 9.17) is 4.42 Å². The highest BCUT2D eigenvalue weighted by molar-refractivity contribution is 6.05. The summed E-state index contributed by atoms with van der Waals surface area (Å²) >= 11 is 0. The largest absolute Gasteiger partial charge is 0.467 e. The molecule has 3 aromatic rings. The maximum Gasteiger partial charge on any atom is 0.272 e. The van der Waals surface area contributed by atoms with Crippen molar-refractivity contribution in [3.63, 3.8) is 0 Å². The Morgan fingerprint density at radius 1 is 1.14 bits per heavy atom. The Labute approximate surface area is 125 Å². The molecule has 22 heavy (non-hydrogen) atoms. The quantitative estimate of drug-likeness (QED) is 0.659. The smallest absolute Gasteiger partial charge is 0.272 e. The number of carbonyl (C=O) groups excluding carboxylic acids is 2. The molecule has 1 aromatic carbocycles. The Balaban J connectivity index is 1.54. The number of nitrogens with zero attached hydrogens (tertiary/aromatic N) is 1. The molecular formula is C15H14N4O3. The minimum atomic E-state index is -0.398. The number of hydrogen-bond acceptors (Lipinski definition) is 4. The van der Waals surface area contributed by atoms with E-state index in [1.54, 1.807) is 18.2 Å². The topological polar surface area (TPSA) is 100 Å². The zero-order valence-corrected chi connectivity index (χ0v) is 11.6. The van der Waals surface area contributed by atoms with Gasteiger partial charge < -0.3 is 15.1 Å². The van der Waals surface area contributed by atoms with E-state index in [0.717, 1.165) is 10.9 Å². The van der Waals surface area contributed by atoms with Crippen LogP contribution in [0.4, 0.5) is 0 Å². The van der Waals surface area contributed by atoms with E-state index in [1.165, 1.54) is 6.26 Å². The number of benzene rings is 1. The number of hydrogen-bond donors (Lipinski definition) is 3. The van der Waals surface area contributed by atoms with E-state index in [0.29, 0.717) is 5.76 Å². The molecule has 3 rings (SSSR count). The Morgan fingerprint density at radius 3 is 2.82 bits per heavy atom. The van der Waals surface area contributed by atoms with Crippen molar-refractivity contribution in [1.29, 1.82) is 0 Å². The predicted molar refractivity (Wildman–Crippen MR) is 79.0 cm³/mol. The van der Waals surface area contributed by atoms with Crippen LogP contribution >= 0.6 is 0 Å². The average molecular weight is 298 g/mol. The van der Waals surface area contributed by atoms with Gasteiger partial charge in [0.25, 0.3) is 5.91 Å². The molecule has 0 radical (unpaired) electrons. The van der Waals surface area contributed by atoms with Crippen LogP contribution in [0.5, 0.6) is 0 Å². The maximum absolute atomic E-state index is 12.1. The van der Waals surface area contributed by atoms with E-state index in [2.05, 4.69) is 20.8 Å². The summed E-state index contributed by atoms with van der Waals surface area (Å²) in [7, 11) is 0. The zero-order valence-electron chi connectivity index (χ0n) is 11.6. The monoisotopic (exact) mass is 298 g/mol. The summed E-state index contributed by atoms with van der Waals surface area (Å²) in [5, 5.41) is 12.7. The first-order valence-electron chi connectivity index (χ1n) is 6.74. The Kier molecular flexibility index (Phi) is 3.86. The van der Waals surface area contributed by atoms with Crippen LogP contribution in [-0.4, -0.2) is 28.6 Å². The van der Waals surface area contributed by atoms with Crippen LogP contribution in [0.15, 0.2) is 47.1 Å². The fraction of sp³-hybridized carbons (Fsp3) is 0.133. The van der Waals surface area contributed by atoms with Gasteiger partial charge in [0.05, 0.1) is 24.9 Å². The summed E-state index contributed by atoms with van der Waals surface area (Å²) < 4.78 is 5.10. The molecule has 3 N–H and O–H groups in total. The SMILES string of the molecule is O=C(CNC(=O)c1n[nH]c2ccccc12)NCc1ccco1. The number of aromatic amines is 1. The van der Waals surface area contributed by atoms with Gasteiger partial charge in [-0.2, -0.15) is 5.10 Å². The second kappa shape index (κ2) is 6.13. The molecular weight excluding hydrogens is 284 g/mol. The van der Waals surface area contributed by atoms with Crippen molar-refractivity contribution in [1.82, 2.24) is 20.8 Å². The first-order valence-corrected chi connectivity index (χ1v) is 6.74. The molecule has 0 fully saturated rings. The minimum absolute atomic E-state index is 0.124. The molecule has 0 spiro atoms. The lowest BCUT2D eigenvalue weighted by Crippen LogP contribution is -2.36. The van der Waals surface area contributed by atoms with Gasteiger partial charge in [-0.05, 0) is 18.2 Å². The van der Waals surface area contributed by atoms with Crippen molar-refractivity contribution >= 4 is 22.7 Å². The first kappa shape index (κ1) is 13.9. The first-order chi connectivity index (χ1) is 10.7. The molecule has 0 saturated heterocycles. The number of aromatic nitrogens is 2.